The monoisotopic (exact) mass is 467 g/mol. The number of aromatic nitrogens is 1. The smallest absolute Gasteiger partial charge is 0.257 e. The lowest BCUT2D eigenvalue weighted by molar-refractivity contribution is 0.0392. The van der Waals surface area contributed by atoms with Crippen molar-refractivity contribution in [3.63, 3.8) is 0 Å². The standard InChI is InChI=1S/C26H30FN3O4/c1-18-24(25(29-34-18)20-6-8-21(27)9-7-20)26(31)28-17-19-4-3-5-23(16-19)33-15-12-30(2)22-10-13-32-14-11-22/h3-9,16,22H,10-15,17H2,1-2H3,(H,28,31). The van der Waals surface area contributed by atoms with Gasteiger partial charge in [-0.05, 0) is 68.8 Å². The van der Waals surface area contributed by atoms with Gasteiger partial charge < -0.3 is 19.3 Å². The van der Waals surface area contributed by atoms with Gasteiger partial charge >= 0.3 is 0 Å². The Kier molecular flexibility index (Phi) is 7.92. The normalized spacial score (nSPS) is 14.4. The molecule has 2 aromatic carbocycles. The Morgan fingerprint density at radius 1 is 1.21 bits per heavy atom. The molecule has 1 aliphatic heterocycles. The third kappa shape index (κ3) is 6.01. The van der Waals surface area contributed by atoms with Crippen LogP contribution in [-0.2, 0) is 11.3 Å². The summed E-state index contributed by atoms with van der Waals surface area (Å²) in [6.45, 7) is 5.08. The number of hydrogen-bond acceptors (Lipinski definition) is 6. The van der Waals surface area contributed by atoms with Crippen LogP contribution in [0.5, 0.6) is 5.75 Å². The van der Waals surface area contributed by atoms with Crippen molar-refractivity contribution in [1.82, 2.24) is 15.4 Å². The SMILES string of the molecule is Cc1onc(-c2ccc(F)cc2)c1C(=O)NCc1cccc(OCCN(C)C2CCOCC2)c1. The van der Waals surface area contributed by atoms with E-state index in [4.69, 9.17) is 14.0 Å². The molecule has 0 saturated carbocycles. The van der Waals surface area contributed by atoms with Gasteiger partial charge in [-0.1, -0.05) is 17.3 Å². The fourth-order valence-electron chi connectivity index (χ4n) is 4.08. The lowest BCUT2D eigenvalue weighted by atomic mass is 10.1. The zero-order valence-corrected chi connectivity index (χ0v) is 19.6. The zero-order valence-electron chi connectivity index (χ0n) is 19.6. The Morgan fingerprint density at radius 2 is 1.97 bits per heavy atom. The fourth-order valence-corrected chi connectivity index (χ4v) is 4.08. The number of carbonyl (C=O) groups excluding carboxylic acids is 1. The number of halogens is 1. The van der Waals surface area contributed by atoms with Crippen molar-refractivity contribution in [2.75, 3.05) is 33.4 Å². The number of carbonyl (C=O) groups is 1. The van der Waals surface area contributed by atoms with Crippen LogP contribution in [0, 0.1) is 12.7 Å². The van der Waals surface area contributed by atoms with E-state index in [2.05, 4.69) is 22.4 Å². The summed E-state index contributed by atoms with van der Waals surface area (Å²) in [6.07, 6.45) is 2.11. The van der Waals surface area contributed by atoms with Crippen LogP contribution < -0.4 is 10.1 Å². The summed E-state index contributed by atoms with van der Waals surface area (Å²) in [5, 5.41) is 6.92. The van der Waals surface area contributed by atoms with E-state index < -0.39 is 0 Å². The second kappa shape index (κ2) is 11.3. The highest BCUT2D eigenvalue weighted by Gasteiger charge is 2.22. The Bertz CT molecular complexity index is 1090. The average molecular weight is 468 g/mol. The summed E-state index contributed by atoms with van der Waals surface area (Å²) in [5.74, 6) is 0.512. The molecule has 8 heteroatoms. The van der Waals surface area contributed by atoms with Gasteiger partial charge in [-0.2, -0.15) is 0 Å². The maximum Gasteiger partial charge on any atom is 0.257 e. The minimum atomic E-state index is -0.354. The number of likely N-dealkylation sites (N-methyl/N-ethyl adjacent to an activating group) is 1. The van der Waals surface area contributed by atoms with E-state index in [-0.39, 0.29) is 11.7 Å². The summed E-state index contributed by atoms with van der Waals surface area (Å²) in [4.78, 5) is 15.2. The predicted octanol–water partition coefficient (Wildman–Crippen LogP) is 4.21. The van der Waals surface area contributed by atoms with E-state index in [1.165, 1.54) is 12.1 Å². The van der Waals surface area contributed by atoms with Gasteiger partial charge in [0.1, 0.15) is 35.2 Å². The summed E-state index contributed by atoms with van der Waals surface area (Å²) in [5.41, 5.74) is 2.27. The number of amides is 1. The molecule has 1 amide bonds. The van der Waals surface area contributed by atoms with Crippen molar-refractivity contribution >= 4 is 5.91 Å². The molecule has 1 N–H and O–H groups in total. The first-order valence-electron chi connectivity index (χ1n) is 11.5. The molecule has 1 saturated heterocycles. The largest absolute Gasteiger partial charge is 0.492 e. The minimum Gasteiger partial charge on any atom is -0.492 e. The number of aryl methyl sites for hydroxylation is 1. The highest BCUT2D eigenvalue weighted by atomic mass is 19.1. The number of nitrogens with one attached hydrogen (secondary N) is 1. The maximum absolute atomic E-state index is 13.3. The molecule has 4 rings (SSSR count). The molecular formula is C26H30FN3O4. The number of nitrogens with zero attached hydrogens (tertiary/aromatic N) is 2. The molecule has 1 aliphatic rings. The lowest BCUT2D eigenvalue weighted by Crippen LogP contribution is -2.38. The van der Waals surface area contributed by atoms with E-state index in [1.807, 2.05) is 24.3 Å². The number of ether oxygens (including phenoxy) is 2. The van der Waals surface area contributed by atoms with E-state index in [1.54, 1.807) is 19.1 Å². The fraction of sp³-hybridized carbons (Fsp3) is 0.385. The zero-order chi connectivity index (χ0) is 23.9. The third-order valence-electron chi connectivity index (χ3n) is 6.09. The minimum absolute atomic E-state index is 0.303. The van der Waals surface area contributed by atoms with Crippen molar-refractivity contribution in [2.24, 2.45) is 0 Å². The third-order valence-corrected chi connectivity index (χ3v) is 6.09. The molecule has 2 heterocycles. The van der Waals surface area contributed by atoms with Crippen LogP contribution in [0.15, 0.2) is 53.1 Å². The molecule has 1 aromatic heterocycles. The summed E-state index contributed by atoms with van der Waals surface area (Å²) in [6, 6.07) is 14.0. The average Bonchev–Trinajstić information content (AvgIpc) is 3.25. The van der Waals surface area contributed by atoms with Gasteiger partial charge in [-0.25, -0.2) is 4.39 Å². The molecule has 0 spiro atoms. The molecule has 34 heavy (non-hydrogen) atoms. The van der Waals surface area contributed by atoms with Crippen molar-refractivity contribution in [3.8, 4) is 17.0 Å². The van der Waals surface area contributed by atoms with Gasteiger partial charge in [0.2, 0.25) is 0 Å². The quantitative estimate of drug-likeness (QED) is 0.508. The second-order valence-electron chi connectivity index (χ2n) is 8.47. The maximum atomic E-state index is 13.3. The molecule has 0 atom stereocenters. The van der Waals surface area contributed by atoms with Crippen LogP contribution in [0.3, 0.4) is 0 Å². The Hall–Kier alpha value is -3.23. The summed E-state index contributed by atoms with van der Waals surface area (Å²) < 4.78 is 29.9. The molecule has 180 valence electrons. The number of rotatable bonds is 9. The van der Waals surface area contributed by atoms with Crippen LogP contribution in [0.25, 0.3) is 11.3 Å². The first-order chi connectivity index (χ1) is 16.5. The highest BCUT2D eigenvalue weighted by molar-refractivity contribution is 6.00. The topological polar surface area (TPSA) is 76.8 Å². The molecular weight excluding hydrogens is 437 g/mol. The first kappa shape index (κ1) is 23.9. The van der Waals surface area contributed by atoms with Gasteiger partial charge in [0.15, 0.2) is 0 Å². The van der Waals surface area contributed by atoms with Crippen LogP contribution in [-0.4, -0.2) is 55.4 Å². The first-order valence-corrected chi connectivity index (χ1v) is 11.5. The molecule has 1 fully saturated rings. The predicted molar refractivity (Wildman–Crippen MR) is 126 cm³/mol. The molecule has 3 aromatic rings. The van der Waals surface area contributed by atoms with Gasteiger partial charge in [-0.15, -0.1) is 0 Å². The van der Waals surface area contributed by atoms with Crippen molar-refractivity contribution in [1.29, 1.82) is 0 Å². The Morgan fingerprint density at radius 3 is 2.74 bits per heavy atom. The summed E-state index contributed by atoms with van der Waals surface area (Å²) in [7, 11) is 2.12. The van der Waals surface area contributed by atoms with Gasteiger partial charge in [0.25, 0.3) is 5.91 Å². The van der Waals surface area contributed by atoms with Crippen molar-refractivity contribution in [2.45, 2.75) is 32.4 Å². The van der Waals surface area contributed by atoms with Crippen LogP contribution in [0.4, 0.5) is 4.39 Å². The summed E-state index contributed by atoms with van der Waals surface area (Å²) >= 11 is 0. The van der Waals surface area contributed by atoms with E-state index in [0.29, 0.717) is 41.8 Å². The lowest BCUT2D eigenvalue weighted by Gasteiger charge is -2.31. The Labute approximate surface area is 198 Å². The van der Waals surface area contributed by atoms with Gasteiger partial charge in [-0.3, -0.25) is 9.69 Å². The van der Waals surface area contributed by atoms with Crippen LogP contribution in [0.2, 0.25) is 0 Å². The molecule has 0 unspecified atom stereocenters. The van der Waals surface area contributed by atoms with E-state index >= 15 is 0 Å². The second-order valence-corrected chi connectivity index (χ2v) is 8.47. The van der Waals surface area contributed by atoms with Crippen LogP contribution >= 0.6 is 0 Å². The van der Waals surface area contributed by atoms with E-state index in [0.717, 1.165) is 43.9 Å². The van der Waals surface area contributed by atoms with Gasteiger partial charge in [0, 0.05) is 37.9 Å². The molecule has 7 nitrogen and oxygen atoms in total. The Balaban J connectivity index is 1.32. The van der Waals surface area contributed by atoms with Crippen LogP contribution in [0.1, 0.15) is 34.5 Å². The van der Waals surface area contributed by atoms with E-state index in [9.17, 15) is 9.18 Å². The van der Waals surface area contributed by atoms with Crippen molar-refractivity contribution in [3.05, 3.63) is 71.2 Å². The number of hydrogen-bond donors (Lipinski definition) is 1. The van der Waals surface area contributed by atoms with Gasteiger partial charge in [0.05, 0.1) is 0 Å². The molecule has 0 radical (unpaired) electrons. The number of benzene rings is 2. The molecule has 0 bridgehead atoms. The highest BCUT2D eigenvalue weighted by Crippen LogP contribution is 2.25. The molecule has 0 aliphatic carbocycles. The van der Waals surface area contributed by atoms with Crippen molar-refractivity contribution < 1.29 is 23.2 Å².